The third-order valence-electron chi connectivity index (χ3n) is 6.08. The van der Waals surface area contributed by atoms with Crippen LogP contribution in [0, 0.1) is 5.92 Å². The van der Waals surface area contributed by atoms with Gasteiger partial charge in [0.25, 0.3) is 11.7 Å². The van der Waals surface area contributed by atoms with Crippen LogP contribution in [0.5, 0.6) is 11.5 Å². The summed E-state index contributed by atoms with van der Waals surface area (Å²) in [6, 6.07) is 5.58. The molecule has 1 saturated heterocycles. The lowest BCUT2D eigenvalue weighted by Crippen LogP contribution is -3.14. The minimum atomic E-state index is -0.511. The van der Waals surface area contributed by atoms with Crippen molar-refractivity contribution < 1.29 is 28.7 Å². The fourth-order valence-electron chi connectivity index (χ4n) is 4.67. The van der Waals surface area contributed by atoms with E-state index in [9.17, 15) is 9.59 Å². The molecule has 1 saturated carbocycles. The lowest BCUT2D eigenvalue weighted by molar-refractivity contribution is -0.899. The lowest BCUT2D eigenvalue weighted by Gasteiger charge is -2.31. The van der Waals surface area contributed by atoms with Gasteiger partial charge in [0.15, 0.2) is 18.0 Å². The van der Waals surface area contributed by atoms with Gasteiger partial charge in [0.05, 0.1) is 19.7 Å². The summed E-state index contributed by atoms with van der Waals surface area (Å²) >= 11 is 0. The Hall–Kier alpha value is -2.28. The molecule has 7 heteroatoms. The minimum Gasteiger partial charge on any atom is -0.466 e. The number of rotatable bonds is 5. The van der Waals surface area contributed by atoms with E-state index in [2.05, 4.69) is 5.32 Å². The van der Waals surface area contributed by atoms with Crippen molar-refractivity contribution in [1.29, 1.82) is 0 Å². The predicted octanol–water partition coefficient (Wildman–Crippen LogP) is 1.91. The molecular weight excluding hydrogens is 372 g/mol. The van der Waals surface area contributed by atoms with Crippen molar-refractivity contribution >= 4 is 17.6 Å². The average molecular weight is 403 g/mol. The lowest BCUT2D eigenvalue weighted by atomic mass is 9.94. The zero-order chi connectivity index (χ0) is 20.3. The number of amides is 1. The van der Waals surface area contributed by atoms with Gasteiger partial charge in [-0.25, -0.2) is 0 Å². The minimum absolute atomic E-state index is 0.0595. The number of anilines is 1. The number of piperidine rings is 1. The Morgan fingerprint density at radius 3 is 2.76 bits per heavy atom. The van der Waals surface area contributed by atoms with Crippen molar-refractivity contribution in [2.45, 2.75) is 57.7 Å². The van der Waals surface area contributed by atoms with Crippen LogP contribution in [-0.2, 0) is 14.3 Å². The number of hydrogen-bond donors (Lipinski definition) is 2. The highest BCUT2D eigenvalue weighted by molar-refractivity contribution is 5.91. The second-order valence-corrected chi connectivity index (χ2v) is 8.36. The van der Waals surface area contributed by atoms with Crippen LogP contribution in [0.3, 0.4) is 0 Å². The molecule has 1 aliphatic carbocycles. The van der Waals surface area contributed by atoms with Crippen molar-refractivity contribution in [2.24, 2.45) is 5.92 Å². The monoisotopic (exact) mass is 403 g/mol. The number of carbonyl (C=O) groups is 2. The van der Waals surface area contributed by atoms with E-state index in [1.807, 2.05) is 25.1 Å². The highest BCUT2D eigenvalue weighted by atomic mass is 16.7. The first-order chi connectivity index (χ1) is 14.1. The number of nitrogens with one attached hydrogen (secondary N) is 2. The number of benzene rings is 1. The van der Waals surface area contributed by atoms with Gasteiger partial charge in [-0.15, -0.1) is 0 Å². The highest BCUT2D eigenvalue weighted by Crippen LogP contribution is 2.46. The molecule has 1 amide bonds. The quantitative estimate of drug-likeness (QED) is 0.735. The molecule has 0 aromatic heterocycles. The summed E-state index contributed by atoms with van der Waals surface area (Å²) < 4.78 is 17.4. The molecule has 1 unspecified atom stereocenters. The van der Waals surface area contributed by atoms with Gasteiger partial charge in [-0.3, -0.25) is 9.59 Å². The van der Waals surface area contributed by atoms with Crippen molar-refractivity contribution in [3.05, 3.63) is 18.2 Å². The van der Waals surface area contributed by atoms with Crippen LogP contribution in [0.1, 0.15) is 51.9 Å². The molecule has 2 N–H and O–H groups in total. The Kier molecular flexibility index (Phi) is 5.94. The molecule has 2 atom stereocenters. The molecule has 2 aliphatic heterocycles. The maximum absolute atomic E-state index is 12.6. The van der Waals surface area contributed by atoms with Gasteiger partial charge in [-0.2, -0.15) is 0 Å². The fraction of sp³-hybridized carbons (Fsp3) is 0.636. The zero-order valence-electron chi connectivity index (χ0n) is 17.1. The van der Waals surface area contributed by atoms with Gasteiger partial charge in [0.2, 0.25) is 0 Å². The number of esters is 1. The van der Waals surface area contributed by atoms with Gasteiger partial charge in [0, 0.05) is 24.6 Å². The molecule has 0 bridgehead atoms. The predicted molar refractivity (Wildman–Crippen MR) is 107 cm³/mol. The standard InChI is InChI=1S/C22H30N2O5/c1-2-27-21(26)16-7-6-12-24(14-16)15-20(25)23-17-8-9-18-19(13-17)29-22(28-18)10-4-3-5-11-22/h8-9,13,16H,2-7,10-12,14-15H2,1H3,(H,23,25)/p+1/t16-/m1/s1. The molecule has 1 aromatic rings. The maximum atomic E-state index is 12.6. The second-order valence-electron chi connectivity index (χ2n) is 8.36. The van der Waals surface area contributed by atoms with Gasteiger partial charge < -0.3 is 24.4 Å². The molecule has 1 aromatic carbocycles. The molecule has 4 rings (SSSR count). The van der Waals surface area contributed by atoms with E-state index in [-0.39, 0.29) is 17.8 Å². The fourth-order valence-corrected chi connectivity index (χ4v) is 4.67. The van der Waals surface area contributed by atoms with Crippen LogP contribution in [0.25, 0.3) is 0 Å². The first-order valence-corrected chi connectivity index (χ1v) is 10.9. The first kappa shape index (κ1) is 20.0. The van der Waals surface area contributed by atoms with E-state index >= 15 is 0 Å². The van der Waals surface area contributed by atoms with Crippen molar-refractivity contribution in [3.8, 4) is 11.5 Å². The summed E-state index contributed by atoms with van der Waals surface area (Å²) in [5, 5.41) is 2.97. The topological polar surface area (TPSA) is 78.3 Å². The van der Waals surface area contributed by atoms with Crippen molar-refractivity contribution in [1.82, 2.24) is 0 Å². The third kappa shape index (κ3) is 4.66. The third-order valence-corrected chi connectivity index (χ3v) is 6.08. The number of carbonyl (C=O) groups excluding carboxylic acids is 2. The van der Waals surface area contributed by atoms with E-state index < -0.39 is 5.79 Å². The van der Waals surface area contributed by atoms with Gasteiger partial charge >= 0.3 is 5.97 Å². The van der Waals surface area contributed by atoms with Crippen LogP contribution >= 0.6 is 0 Å². The Balaban J connectivity index is 1.32. The average Bonchev–Trinajstić information content (AvgIpc) is 3.05. The smallest absolute Gasteiger partial charge is 0.314 e. The van der Waals surface area contributed by atoms with Crippen molar-refractivity contribution in [2.75, 3.05) is 31.6 Å². The van der Waals surface area contributed by atoms with Gasteiger partial charge in [0.1, 0.15) is 5.92 Å². The molecule has 1 spiro atoms. The first-order valence-electron chi connectivity index (χ1n) is 10.9. The second kappa shape index (κ2) is 8.61. The number of hydrogen-bond acceptors (Lipinski definition) is 5. The summed E-state index contributed by atoms with van der Waals surface area (Å²) in [6.07, 6.45) is 7.03. The van der Waals surface area contributed by atoms with Gasteiger partial charge in [-0.05, 0) is 44.7 Å². The van der Waals surface area contributed by atoms with E-state index in [0.717, 1.165) is 55.7 Å². The highest BCUT2D eigenvalue weighted by Gasteiger charge is 2.42. The summed E-state index contributed by atoms with van der Waals surface area (Å²) in [5.41, 5.74) is 0.712. The van der Waals surface area contributed by atoms with E-state index in [1.54, 1.807) is 0 Å². The molecular formula is C22H31N2O5+. The molecule has 158 valence electrons. The molecule has 2 heterocycles. The van der Waals surface area contributed by atoms with E-state index in [1.165, 1.54) is 6.42 Å². The summed E-state index contributed by atoms with van der Waals surface area (Å²) in [5.74, 6) is 0.640. The van der Waals surface area contributed by atoms with Crippen LogP contribution in [0.2, 0.25) is 0 Å². The number of ether oxygens (including phenoxy) is 3. The van der Waals surface area contributed by atoms with Crippen LogP contribution in [0.15, 0.2) is 18.2 Å². The molecule has 2 fully saturated rings. The summed E-state index contributed by atoms with van der Waals surface area (Å²) in [7, 11) is 0. The Morgan fingerprint density at radius 2 is 1.97 bits per heavy atom. The molecule has 0 radical (unpaired) electrons. The molecule has 7 nitrogen and oxygen atoms in total. The molecule has 3 aliphatic rings. The van der Waals surface area contributed by atoms with Crippen molar-refractivity contribution in [3.63, 3.8) is 0 Å². The summed E-state index contributed by atoms with van der Waals surface area (Å²) in [6.45, 7) is 4.11. The van der Waals surface area contributed by atoms with Gasteiger partial charge in [-0.1, -0.05) is 6.42 Å². The zero-order valence-corrected chi connectivity index (χ0v) is 17.1. The number of fused-ring (bicyclic) bond motifs is 1. The number of quaternary nitrogens is 1. The summed E-state index contributed by atoms with van der Waals surface area (Å²) in [4.78, 5) is 25.7. The normalized spacial score (nSPS) is 24.9. The van der Waals surface area contributed by atoms with Crippen LogP contribution in [-0.4, -0.2) is 43.9 Å². The van der Waals surface area contributed by atoms with E-state index in [4.69, 9.17) is 14.2 Å². The van der Waals surface area contributed by atoms with E-state index in [0.29, 0.717) is 31.1 Å². The Labute approximate surface area is 171 Å². The SMILES string of the molecule is CCOC(=O)[C@@H]1CCC[NH+](CC(=O)Nc2ccc3c(c2)OC2(CCCCC2)O3)C1. The Morgan fingerprint density at radius 1 is 1.17 bits per heavy atom. The Bertz CT molecular complexity index is 760. The number of likely N-dealkylation sites (tertiary alicyclic amines) is 1. The van der Waals surface area contributed by atoms with Crippen LogP contribution in [0.4, 0.5) is 5.69 Å². The largest absolute Gasteiger partial charge is 0.466 e. The molecule has 29 heavy (non-hydrogen) atoms. The maximum Gasteiger partial charge on any atom is 0.314 e. The van der Waals surface area contributed by atoms with Crippen LogP contribution < -0.4 is 19.7 Å².